The smallest absolute Gasteiger partial charge is 0.201 e. The Morgan fingerprint density at radius 3 is 2.22 bits per heavy atom. The lowest BCUT2D eigenvalue weighted by atomic mass is 9.58. The van der Waals surface area contributed by atoms with Crippen molar-refractivity contribution >= 4 is 0 Å². The zero-order valence-corrected chi connectivity index (χ0v) is 21.1. The van der Waals surface area contributed by atoms with Gasteiger partial charge in [0.2, 0.25) is 5.79 Å². The lowest BCUT2D eigenvalue weighted by Gasteiger charge is -2.60. The van der Waals surface area contributed by atoms with Crippen molar-refractivity contribution in [3.05, 3.63) is 0 Å². The third-order valence-electron chi connectivity index (χ3n) is 8.88. The minimum absolute atomic E-state index is 0.213. The van der Waals surface area contributed by atoms with E-state index in [1.54, 1.807) is 0 Å². The highest BCUT2D eigenvalue weighted by molar-refractivity contribution is 5.09. The molecule has 0 aromatic rings. The molecule has 4 aliphatic heterocycles. The van der Waals surface area contributed by atoms with Crippen molar-refractivity contribution in [3.63, 3.8) is 0 Å². The predicted molar refractivity (Wildman–Crippen MR) is 125 cm³/mol. The molecule has 4 saturated heterocycles. The molecule has 1 spiro atoms. The summed E-state index contributed by atoms with van der Waals surface area (Å²) in [6.45, 7) is 9.66. The van der Waals surface area contributed by atoms with E-state index >= 15 is 0 Å². The van der Waals surface area contributed by atoms with Gasteiger partial charge in [-0.3, -0.25) is 0 Å². The third kappa shape index (κ3) is 5.07. The molecule has 0 aromatic heterocycles. The number of ether oxygens (including phenoxy) is 3. The molecule has 0 unspecified atom stereocenters. The van der Waals surface area contributed by atoms with E-state index in [4.69, 9.17) is 24.0 Å². The maximum atomic E-state index is 6.50. The molecule has 5 nitrogen and oxygen atoms in total. The molecule has 8 atom stereocenters. The van der Waals surface area contributed by atoms with Crippen LogP contribution in [0.1, 0.15) is 118 Å². The Morgan fingerprint density at radius 1 is 0.812 bits per heavy atom. The minimum Gasteiger partial charge on any atom is -0.352 e. The fourth-order valence-corrected chi connectivity index (χ4v) is 6.85. The van der Waals surface area contributed by atoms with E-state index in [0.29, 0.717) is 17.8 Å². The Balaban J connectivity index is 1.23. The maximum Gasteiger partial charge on any atom is 0.201 e. The van der Waals surface area contributed by atoms with E-state index in [0.717, 1.165) is 32.3 Å². The standard InChI is InChI=1S/C27H48O5/c1-5-6-7-8-9-10-11-12-13-14-19-28-24-21(3)23-16-15-20(2)22-17-18-26(4)30-25(29-24)27(22,23)32-31-26/h20-25H,5-19H2,1-4H3/t20-,21-,22+,23+,24-,25+,26-,27-/m1/s1. The van der Waals surface area contributed by atoms with E-state index in [1.807, 2.05) is 6.92 Å². The molecule has 5 fully saturated rings. The quantitative estimate of drug-likeness (QED) is 0.233. The summed E-state index contributed by atoms with van der Waals surface area (Å²) in [6, 6.07) is 0. The molecule has 186 valence electrons. The molecule has 0 N–H and O–H groups in total. The second-order valence-electron chi connectivity index (χ2n) is 11.3. The van der Waals surface area contributed by atoms with Gasteiger partial charge in [0.1, 0.15) is 0 Å². The molecular weight excluding hydrogens is 404 g/mol. The van der Waals surface area contributed by atoms with Gasteiger partial charge in [-0.05, 0) is 44.4 Å². The largest absolute Gasteiger partial charge is 0.352 e. The average Bonchev–Trinajstić information content (AvgIpc) is 3.01. The molecule has 2 bridgehead atoms. The van der Waals surface area contributed by atoms with Gasteiger partial charge in [0.25, 0.3) is 0 Å². The van der Waals surface area contributed by atoms with E-state index in [-0.39, 0.29) is 12.2 Å². The molecule has 4 heterocycles. The van der Waals surface area contributed by atoms with Crippen molar-refractivity contribution in [2.75, 3.05) is 6.61 Å². The zero-order chi connectivity index (χ0) is 22.6. The molecule has 0 radical (unpaired) electrons. The third-order valence-corrected chi connectivity index (χ3v) is 8.88. The maximum absolute atomic E-state index is 6.50. The molecule has 1 saturated carbocycles. The van der Waals surface area contributed by atoms with E-state index in [9.17, 15) is 0 Å². The Bertz CT molecular complexity index is 584. The fraction of sp³-hybridized carbons (Fsp3) is 1.00. The van der Waals surface area contributed by atoms with E-state index in [2.05, 4.69) is 20.8 Å². The van der Waals surface area contributed by atoms with Crippen LogP contribution in [-0.4, -0.2) is 30.6 Å². The second kappa shape index (κ2) is 11.0. The second-order valence-corrected chi connectivity index (χ2v) is 11.3. The van der Waals surface area contributed by atoms with Crippen LogP contribution in [0.5, 0.6) is 0 Å². The average molecular weight is 453 g/mol. The van der Waals surface area contributed by atoms with Gasteiger partial charge in [0, 0.05) is 24.9 Å². The Kier molecular flexibility index (Phi) is 8.59. The van der Waals surface area contributed by atoms with Crippen LogP contribution in [0.15, 0.2) is 0 Å². The van der Waals surface area contributed by atoms with Gasteiger partial charge in [-0.15, -0.1) is 0 Å². The number of rotatable bonds is 12. The van der Waals surface area contributed by atoms with Crippen LogP contribution >= 0.6 is 0 Å². The summed E-state index contributed by atoms with van der Waals surface area (Å²) in [4.78, 5) is 12.1. The van der Waals surface area contributed by atoms with Crippen LogP contribution in [0.25, 0.3) is 0 Å². The number of unbranched alkanes of at least 4 members (excludes halogenated alkanes) is 9. The SMILES string of the molecule is CCCCCCCCCCCCO[C@@H]1O[C@H]2O[C@@]3(C)CC[C@H]4[C@H](C)CC[C@@H]([C@H]1C)[C@@]24OO3. The van der Waals surface area contributed by atoms with Gasteiger partial charge < -0.3 is 14.2 Å². The van der Waals surface area contributed by atoms with Crippen LogP contribution in [0, 0.1) is 23.7 Å². The van der Waals surface area contributed by atoms with Crippen molar-refractivity contribution in [1.29, 1.82) is 0 Å². The van der Waals surface area contributed by atoms with Gasteiger partial charge in [0.15, 0.2) is 18.2 Å². The Labute approximate surface area is 196 Å². The minimum atomic E-state index is -0.709. The molecule has 1 aliphatic carbocycles. The zero-order valence-electron chi connectivity index (χ0n) is 21.1. The van der Waals surface area contributed by atoms with E-state index < -0.39 is 17.7 Å². The molecular formula is C27H48O5. The van der Waals surface area contributed by atoms with E-state index in [1.165, 1.54) is 64.2 Å². The van der Waals surface area contributed by atoms with Crippen LogP contribution in [0.4, 0.5) is 0 Å². The predicted octanol–water partition coefficient (Wildman–Crippen LogP) is 7.13. The van der Waals surface area contributed by atoms with Crippen molar-refractivity contribution in [2.24, 2.45) is 23.7 Å². The van der Waals surface area contributed by atoms with Crippen LogP contribution in [0.2, 0.25) is 0 Å². The van der Waals surface area contributed by atoms with Gasteiger partial charge in [-0.1, -0.05) is 78.6 Å². The van der Waals surface area contributed by atoms with Crippen molar-refractivity contribution in [2.45, 2.75) is 142 Å². The highest BCUT2D eigenvalue weighted by Gasteiger charge is 2.69. The molecule has 5 heteroatoms. The summed E-state index contributed by atoms with van der Waals surface area (Å²) >= 11 is 0. The normalized spacial score (nSPS) is 43.1. The first-order chi connectivity index (χ1) is 15.5. The summed E-state index contributed by atoms with van der Waals surface area (Å²) in [5.74, 6) is 0.934. The molecule has 5 rings (SSSR count). The lowest BCUT2D eigenvalue weighted by Crippen LogP contribution is -2.70. The van der Waals surface area contributed by atoms with Crippen LogP contribution in [-0.2, 0) is 24.0 Å². The summed E-state index contributed by atoms with van der Waals surface area (Å²) < 4.78 is 19.2. The highest BCUT2D eigenvalue weighted by atomic mass is 17.3. The lowest BCUT2D eigenvalue weighted by molar-refractivity contribution is -0.577. The molecule has 5 aliphatic rings. The monoisotopic (exact) mass is 452 g/mol. The summed E-state index contributed by atoms with van der Waals surface area (Å²) in [5, 5.41) is 0. The molecule has 0 aromatic carbocycles. The summed E-state index contributed by atoms with van der Waals surface area (Å²) in [7, 11) is 0. The Hall–Kier alpha value is -0.200. The number of fused-ring (bicyclic) bond motifs is 2. The summed E-state index contributed by atoms with van der Waals surface area (Å²) in [5.41, 5.74) is -0.482. The molecule has 32 heavy (non-hydrogen) atoms. The molecule has 0 amide bonds. The highest BCUT2D eigenvalue weighted by Crippen LogP contribution is 2.60. The van der Waals surface area contributed by atoms with Crippen molar-refractivity contribution in [1.82, 2.24) is 0 Å². The van der Waals surface area contributed by atoms with Crippen molar-refractivity contribution < 1.29 is 24.0 Å². The Morgan fingerprint density at radius 2 is 1.50 bits per heavy atom. The first-order valence-corrected chi connectivity index (χ1v) is 13.8. The van der Waals surface area contributed by atoms with Crippen LogP contribution < -0.4 is 0 Å². The summed E-state index contributed by atoms with van der Waals surface area (Å²) in [6.07, 6.45) is 17.1. The van der Waals surface area contributed by atoms with Crippen molar-refractivity contribution in [3.8, 4) is 0 Å². The van der Waals surface area contributed by atoms with Gasteiger partial charge in [-0.2, -0.15) is 0 Å². The number of hydrogen-bond donors (Lipinski definition) is 0. The topological polar surface area (TPSA) is 46.2 Å². The number of hydrogen-bond acceptors (Lipinski definition) is 5. The van der Waals surface area contributed by atoms with Gasteiger partial charge in [0.05, 0.1) is 0 Å². The first kappa shape index (κ1) is 24.9. The first-order valence-electron chi connectivity index (χ1n) is 13.8. The fourth-order valence-electron chi connectivity index (χ4n) is 6.85. The van der Waals surface area contributed by atoms with Crippen LogP contribution in [0.3, 0.4) is 0 Å². The van der Waals surface area contributed by atoms with Gasteiger partial charge >= 0.3 is 0 Å². The van der Waals surface area contributed by atoms with Gasteiger partial charge in [-0.25, -0.2) is 9.78 Å².